The minimum atomic E-state index is -0.0446. The van der Waals surface area contributed by atoms with Crippen molar-refractivity contribution in [1.29, 1.82) is 0 Å². The third-order valence-electron chi connectivity index (χ3n) is 3.61. The van der Waals surface area contributed by atoms with Gasteiger partial charge in [-0.1, -0.05) is 24.4 Å². The molecule has 104 valence electrons. The largest absolute Gasteiger partial charge is 0.330 e. The average Bonchev–Trinajstić information content (AvgIpc) is 2.37. The summed E-state index contributed by atoms with van der Waals surface area (Å²) in [5.41, 5.74) is 6.47. The predicted octanol–water partition coefficient (Wildman–Crippen LogP) is 2.14. The van der Waals surface area contributed by atoms with Crippen molar-refractivity contribution in [2.24, 2.45) is 17.6 Å². The summed E-state index contributed by atoms with van der Waals surface area (Å²) in [4.78, 5) is 20.4. The van der Waals surface area contributed by atoms with E-state index in [1.54, 1.807) is 6.07 Å². The van der Waals surface area contributed by atoms with Gasteiger partial charge in [0, 0.05) is 11.6 Å². The van der Waals surface area contributed by atoms with Crippen LogP contribution in [0.25, 0.3) is 0 Å². The number of aryl methyl sites for hydroxylation is 1. The summed E-state index contributed by atoms with van der Waals surface area (Å²) in [5.74, 6) is 0.448. The highest BCUT2D eigenvalue weighted by Gasteiger charge is 2.30. The molecule has 1 aliphatic rings. The normalized spacial score (nSPS) is 23.1. The number of nitrogens with two attached hydrogens (primary N) is 1. The topological polar surface area (TPSA) is 80.9 Å². The maximum atomic E-state index is 12.3. The second-order valence-corrected chi connectivity index (χ2v) is 5.42. The number of carbonyl (C=O) groups is 1. The van der Waals surface area contributed by atoms with Crippen molar-refractivity contribution < 1.29 is 4.79 Å². The van der Waals surface area contributed by atoms with Gasteiger partial charge in [-0.15, -0.1) is 0 Å². The summed E-state index contributed by atoms with van der Waals surface area (Å²) in [6.07, 6.45) is 4.12. The van der Waals surface area contributed by atoms with E-state index in [9.17, 15) is 4.79 Å². The van der Waals surface area contributed by atoms with E-state index >= 15 is 0 Å². The van der Waals surface area contributed by atoms with E-state index in [1.165, 1.54) is 0 Å². The van der Waals surface area contributed by atoms with E-state index in [4.69, 9.17) is 17.3 Å². The molecule has 0 aromatic carbocycles. The average molecular weight is 283 g/mol. The Morgan fingerprint density at radius 3 is 2.89 bits per heavy atom. The number of rotatable bonds is 3. The zero-order chi connectivity index (χ0) is 13.8. The van der Waals surface area contributed by atoms with Gasteiger partial charge in [0.05, 0.1) is 0 Å². The maximum absolute atomic E-state index is 12.3. The molecule has 1 aromatic heterocycles. The lowest BCUT2D eigenvalue weighted by atomic mass is 9.79. The maximum Gasteiger partial charge on any atom is 0.231 e. The molecule has 0 saturated heterocycles. The van der Waals surface area contributed by atoms with Gasteiger partial charge in [0.15, 0.2) is 0 Å². The molecule has 1 heterocycles. The summed E-state index contributed by atoms with van der Waals surface area (Å²) >= 11 is 5.85. The summed E-state index contributed by atoms with van der Waals surface area (Å²) in [5, 5.41) is 3.09. The quantitative estimate of drug-likeness (QED) is 0.832. The SMILES string of the molecule is Cc1cc(Cl)nc(NC(=O)C2CCCCC2CN)n1. The smallest absolute Gasteiger partial charge is 0.231 e. The van der Waals surface area contributed by atoms with Crippen molar-refractivity contribution in [3.63, 3.8) is 0 Å². The van der Waals surface area contributed by atoms with Crippen molar-refractivity contribution in [2.75, 3.05) is 11.9 Å². The zero-order valence-corrected chi connectivity index (χ0v) is 11.8. The first-order chi connectivity index (χ1) is 9.10. The fraction of sp³-hybridized carbons (Fsp3) is 0.615. The molecule has 2 rings (SSSR count). The molecule has 19 heavy (non-hydrogen) atoms. The number of halogens is 1. The molecule has 2 unspecified atom stereocenters. The minimum Gasteiger partial charge on any atom is -0.330 e. The first-order valence-corrected chi connectivity index (χ1v) is 7.00. The molecule has 0 aliphatic heterocycles. The molecule has 5 nitrogen and oxygen atoms in total. The van der Waals surface area contributed by atoms with Crippen LogP contribution >= 0.6 is 11.6 Å². The molecular weight excluding hydrogens is 264 g/mol. The van der Waals surface area contributed by atoms with Gasteiger partial charge in [0.25, 0.3) is 0 Å². The molecular formula is C13H19ClN4O. The Balaban J connectivity index is 2.07. The van der Waals surface area contributed by atoms with E-state index in [0.717, 1.165) is 31.4 Å². The minimum absolute atomic E-state index is 0.0402. The van der Waals surface area contributed by atoms with Crippen molar-refractivity contribution >= 4 is 23.5 Å². The number of anilines is 1. The van der Waals surface area contributed by atoms with Crippen LogP contribution in [0.1, 0.15) is 31.4 Å². The van der Waals surface area contributed by atoms with Gasteiger partial charge in [-0.2, -0.15) is 0 Å². The molecule has 1 amide bonds. The number of hydrogen-bond acceptors (Lipinski definition) is 4. The predicted molar refractivity (Wildman–Crippen MR) is 74.9 cm³/mol. The highest BCUT2D eigenvalue weighted by Crippen LogP contribution is 2.30. The summed E-state index contributed by atoms with van der Waals surface area (Å²) in [7, 11) is 0. The standard InChI is InChI=1S/C13H19ClN4O/c1-8-6-11(14)17-13(16-8)18-12(19)10-5-3-2-4-9(10)7-15/h6,9-10H,2-5,7,15H2,1H3,(H,16,17,18,19). The van der Waals surface area contributed by atoms with Crippen LogP contribution in [0.2, 0.25) is 5.15 Å². The van der Waals surface area contributed by atoms with Crippen LogP contribution in [0, 0.1) is 18.8 Å². The van der Waals surface area contributed by atoms with Gasteiger partial charge >= 0.3 is 0 Å². The van der Waals surface area contributed by atoms with Crippen molar-refractivity contribution in [3.8, 4) is 0 Å². The molecule has 1 aliphatic carbocycles. The second-order valence-electron chi connectivity index (χ2n) is 5.03. The molecule has 0 bridgehead atoms. The van der Waals surface area contributed by atoms with Crippen LogP contribution in [0.15, 0.2) is 6.07 Å². The molecule has 0 spiro atoms. The molecule has 6 heteroatoms. The van der Waals surface area contributed by atoms with Crippen LogP contribution in [-0.2, 0) is 4.79 Å². The van der Waals surface area contributed by atoms with Gasteiger partial charge in [-0.25, -0.2) is 9.97 Å². The van der Waals surface area contributed by atoms with Crippen LogP contribution in [0.5, 0.6) is 0 Å². The van der Waals surface area contributed by atoms with Crippen molar-refractivity contribution in [1.82, 2.24) is 9.97 Å². The van der Waals surface area contributed by atoms with Crippen molar-refractivity contribution in [3.05, 3.63) is 16.9 Å². The summed E-state index contributed by atoms with van der Waals surface area (Å²) < 4.78 is 0. The van der Waals surface area contributed by atoms with E-state index in [-0.39, 0.29) is 23.7 Å². The Kier molecular flexibility index (Phi) is 4.71. The van der Waals surface area contributed by atoms with Gasteiger partial charge in [0.1, 0.15) is 5.15 Å². The van der Waals surface area contributed by atoms with Gasteiger partial charge < -0.3 is 5.73 Å². The summed E-state index contributed by atoms with van der Waals surface area (Å²) in [6, 6.07) is 1.65. The Morgan fingerprint density at radius 2 is 2.21 bits per heavy atom. The third-order valence-corrected chi connectivity index (χ3v) is 3.80. The number of nitrogens with zero attached hydrogens (tertiary/aromatic N) is 2. The van der Waals surface area contributed by atoms with Crippen LogP contribution in [0.3, 0.4) is 0 Å². The first-order valence-electron chi connectivity index (χ1n) is 6.62. The van der Waals surface area contributed by atoms with Gasteiger partial charge in [-0.3, -0.25) is 10.1 Å². The second kappa shape index (κ2) is 6.30. The van der Waals surface area contributed by atoms with E-state index < -0.39 is 0 Å². The fourth-order valence-corrected chi connectivity index (χ4v) is 2.86. The Labute approximate surface area is 118 Å². The highest BCUT2D eigenvalue weighted by atomic mass is 35.5. The Hall–Kier alpha value is -1.20. The lowest BCUT2D eigenvalue weighted by Crippen LogP contribution is -2.36. The molecule has 0 radical (unpaired) electrons. The highest BCUT2D eigenvalue weighted by molar-refractivity contribution is 6.29. The van der Waals surface area contributed by atoms with Crippen LogP contribution in [0.4, 0.5) is 5.95 Å². The third kappa shape index (κ3) is 3.64. The zero-order valence-electron chi connectivity index (χ0n) is 11.0. The van der Waals surface area contributed by atoms with E-state index in [0.29, 0.717) is 11.7 Å². The van der Waals surface area contributed by atoms with E-state index in [1.807, 2.05) is 6.92 Å². The lowest BCUT2D eigenvalue weighted by Gasteiger charge is -2.29. The van der Waals surface area contributed by atoms with Crippen molar-refractivity contribution in [2.45, 2.75) is 32.6 Å². The van der Waals surface area contributed by atoms with Crippen LogP contribution < -0.4 is 11.1 Å². The van der Waals surface area contributed by atoms with E-state index in [2.05, 4.69) is 15.3 Å². The number of hydrogen-bond donors (Lipinski definition) is 2. The molecule has 2 atom stereocenters. The Bertz CT molecular complexity index is 446. The molecule has 1 saturated carbocycles. The lowest BCUT2D eigenvalue weighted by molar-refractivity contribution is -0.122. The molecule has 3 N–H and O–H groups in total. The number of amides is 1. The Morgan fingerprint density at radius 1 is 1.47 bits per heavy atom. The first kappa shape index (κ1) is 14.2. The molecule has 1 aromatic rings. The monoisotopic (exact) mass is 282 g/mol. The number of aromatic nitrogens is 2. The number of nitrogens with one attached hydrogen (secondary N) is 1. The van der Waals surface area contributed by atoms with Gasteiger partial charge in [-0.05, 0) is 38.3 Å². The van der Waals surface area contributed by atoms with Crippen LogP contribution in [-0.4, -0.2) is 22.4 Å². The van der Waals surface area contributed by atoms with Gasteiger partial charge in [0.2, 0.25) is 11.9 Å². The molecule has 1 fully saturated rings. The fourth-order valence-electron chi connectivity index (χ4n) is 2.62. The number of carbonyl (C=O) groups excluding carboxylic acids is 1. The summed E-state index contributed by atoms with van der Waals surface area (Å²) in [6.45, 7) is 2.36.